The first-order valence-electron chi connectivity index (χ1n) is 6.32. The lowest BCUT2D eigenvalue weighted by Crippen LogP contribution is -2.25. The summed E-state index contributed by atoms with van der Waals surface area (Å²) in [5.41, 5.74) is 2.06. The normalized spacial score (nSPS) is 25.8. The Balaban J connectivity index is 2.33. The number of rotatable bonds is 3. The fourth-order valence-electron chi connectivity index (χ4n) is 2.86. The molecule has 0 bridgehead atoms. The van der Waals surface area contributed by atoms with Gasteiger partial charge in [0.2, 0.25) is 0 Å². The van der Waals surface area contributed by atoms with Gasteiger partial charge in [-0.1, -0.05) is 6.08 Å². The van der Waals surface area contributed by atoms with Crippen molar-refractivity contribution in [1.29, 1.82) is 0 Å². The average Bonchev–Trinajstić information content (AvgIpc) is 2.83. The Morgan fingerprint density at radius 1 is 1.44 bits per heavy atom. The molecule has 0 unspecified atom stereocenters. The second-order valence-corrected chi connectivity index (χ2v) is 4.66. The lowest BCUT2D eigenvalue weighted by Gasteiger charge is -2.18. The first kappa shape index (κ1) is 12.9. The monoisotopic (exact) mass is 250 g/mol. The number of carbonyl (C=O) groups excluding carboxylic acids is 2. The van der Waals surface area contributed by atoms with Gasteiger partial charge in [-0.15, -0.1) is 0 Å². The van der Waals surface area contributed by atoms with E-state index in [1.54, 1.807) is 6.92 Å². The van der Waals surface area contributed by atoms with Crippen LogP contribution in [-0.2, 0) is 19.1 Å². The van der Waals surface area contributed by atoms with E-state index in [4.69, 9.17) is 9.47 Å². The predicted molar refractivity (Wildman–Crippen MR) is 65.4 cm³/mol. The zero-order valence-corrected chi connectivity index (χ0v) is 11.0. The van der Waals surface area contributed by atoms with Gasteiger partial charge in [0.15, 0.2) is 0 Å². The molecule has 98 valence electrons. The molecule has 0 aromatic carbocycles. The van der Waals surface area contributed by atoms with Gasteiger partial charge in [-0.3, -0.25) is 9.59 Å². The molecule has 0 N–H and O–H groups in total. The van der Waals surface area contributed by atoms with Crippen LogP contribution in [0.2, 0.25) is 0 Å². The molecule has 0 saturated heterocycles. The number of fused-ring (bicyclic) bond motifs is 1. The molecule has 0 aromatic rings. The lowest BCUT2D eigenvalue weighted by atomic mass is 9.92. The molecule has 0 fully saturated rings. The molecule has 2 atom stereocenters. The SMILES string of the molecule is CCOC(=O)[C@H]1C(OC(C)=O)=C(C)C2=CCC[C@H]21. The Kier molecular flexibility index (Phi) is 3.55. The minimum Gasteiger partial charge on any atom is -0.465 e. The number of carbonyl (C=O) groups is 2. The number of allylic oxidation sites excluding steroid dienone is 3. The molecule has 0 spiro atoms. The Labute approximate surface area is 107 Å². The maximum absolute atomic E-state index is 12.1. The molecule has 0 heterocycles. The highest BCUT2D eigenvalue weighted by molar-refractivity contribution is 5.80. The lowest BCUT2D eigenvalue weighted by molar-refractivity contribution is -0.150. The van der Waals surface area contributed by atoms with Crippen molar-refractivity contribution in [3.05, 3.63) is 23.0 Å². The van der Waals surface area contributed by atoms with Crippen LogP contribution in [0.1, 0.15) is 33.6 Å². The Morgan fingerprint density at radius 3 is 2.78 bits per heavy atom. The van der Waals surface area contributed by atoms with Crippen LogP contribution in [0.15, 0.2) is 23.0 Å². The minimum atomic E-state index is -0.442. The van der Waals surface area contributed by atoms with Crippen molar-refractivity contribution in [1.82, 2.24) is 0 Å². The van der Waals surface area contributed by atoms with E-state index in [2.05, 4.69) is 6.08 Å². The molecule has 18 heavy (non-hydrogen) atoms. The van der Waals surface area contributed by atoms with Crippen LogP contribution in [0.4, 0.5) is 0 Å². The quantitative estimate of drug-likeness (QED) is 0.721. The fourth-order valence-corrected chi connectivity index (χ4v) is 2.86. The highest BCUT2D eigenvalue weighted by atomic mass is 16.6. The summed E-state index contributed by atoms with van der Waals surface area (Å²) in [4.78, 5) is 23.2. The summed E-state index contributed by atoms with van der Waals surface area (Å²) in [6.07, 6.45) is 4.02. The molecule has 0 aromatic heterocycles. The Hall–Kier alpha value is -1.58. The van der Waals surface area contributed by atoms with Crippen molar-refractivity contribution >= 4 is 11.9 Å². The van der Waals surface area contributed by atoms with E-state index < -0.39 is 5.92 Å². The molecule has 0 saturated carbocycles. The van der Waals surface area contributed by atoms with Crippen molar-refractivity contribution in [2.75, 3.05) is 6.61 Å². The van der Waals surface area contributed by atoms with Crippen molar-refractivity contribution in [3.63, 3.8) is 0 Å². The third kappa shape index (κ3) is 2.07. The van der Waals surface area contributed by atoms with Gasteiger partial charge in [-0.25, -0.2) is 0 Å². The van der Waals surface area contributed by atoms with Crippen molar-refractivity contribution in [2.24, 2.45) is 11.8 Å². The summed E-state index contributed by atoms with van der Waals surface area (Å²) in [6.45, 7) is 5.38. The van der Waals surface area contributed by atoms with Crippen LogP contribution in [0, 0.1) is 11.8 Å². The van der Waals surface area contributed by atoms with Gasteiger partial charge in [-0.05, 0) is 37.8 Å². The zero-order chi connectivity index (χ0) is 13.3. The van der Waals surface area contributed by atoms with Gasteiger partial charge in [0.1, 0.15) is 11.7 Å². The maximum Gasteiger partial charge on any atom is 0.317 e. The summed E-state index contributed by atoms with van der Waals surface area (Å²) >= 11 is 0. The van der Waals surface area contributed by atoms with Crippen LogP contribution < -0.4 is 0 Å². The topological polar surface area (TPSA) is 52.6 Å². The maximum atomic E-state index is 12.1. The van der Waals surface area contributed by atoms with Crippen LogP contribution >= 0.6 is 0 Å². The number of ether oxygens (including phenoxy) is 2. The molecule has 0 radical (unpaired) electrons. The predicted octanol–water partition coefficient (Wildman–Crippen LogP) is 2.35. The molecule has 0 amide bonds. The molecular weight excluding hydrogens is 232 g/mol. The average molecular weight is 250 g/mol. The van der Waals surface area contributed by atoms with E-state index >= 15 is 0 Å². The highest BCUT2D eigenvalue weighted by Gasteiger charge is 2.45. The van der Waals surface area contributed by atoms with Crippen LogP contribution in [0.25, 0.3) is 0 Å². The zero-order valence-electron chi connectivity index (χ0n) is 11.0. The Bertz CT molecular complexity index is 445. The molecule has 4 heteroatoms. The Morgan fingerprint density at radius 2 is 2.17 bits per heavy atom. The van der Waals surface area contributed by atoms with E-state index in [0.717, 1.165) is 24.0 Å². The molecule has 2 aliphatic rings. The van der Waals surface area contributed by atoms with Gasteiger partial charge < -0.3 is 9.47 Å². The van der Waals surface area contributed by atoms with E-state index in [1.165, 1.54) is 6.92 Å². The second kappa shape index (κ2) is 4.96. The summed E-state index contributed by atoms with van der Waals surface area (Å²) in [7, 11) is 0. The fraction of sp³-hybridized carbons (Fsp3) is 0.571. The highest BCUT2D eigenvalue weighted by Crippen LogP contribution is 2.48. The van der Waals surface area contributed by atoms with Gasteiger partial charge in [0.05, 0.1) is 6.61 Å². The molecule has 0 aliphatic heterocycles. The van der Waals surface area contributed by atoms with E-state index in [0.29, 0.717) is 12.4 Å². The molecule has 2 rings (SSSR count). The van der Waals surface area contributed by atoms with E-state index in [9.17, 15) is 9.59 Å². The third-order valence-electron chi connectivity index (χ3n) is 3.52. The largest absolute Gasteiger partial charge is 0.465 e. The van der Waals surface area contributed by atoms with Crippen molar-refractivity contribution < 1.29 is 19.1 Å². The van der Waals surface area contributed by atoms with Crippen LogP contribution in [0.5, 0.6) is 0 Å². The summed E-state index contributed by atoms with van der Waals surface area (Å²) in [5, 5.41) is 0. The van der Waals surface area contributed by atoms with Gasteiger partial charge >= 0.3 is 11.9 Å². The molecule has 4 nitrogen and oxygen atoms in total. The van der Waals surface area contributed by atoms with Crippen molar-refractivity contribution in [3.8, 4) is 0 Å². The summed E-state index contributed by atoms with van der Waals surface area (Å²) in [5.74, 6) is -0.513. The number of esters is 2. The van der Waals surface area contributed by atoms with Gasteiger partial charge in [-0.2, -0.15) is 0 Å². The van der Waals surface area contributed by atoms with E-state index in [-0.39, 0.29) is 17.9 Å². The summed E-state index contributed by atoms with van der Waals surface area (Å²) in [6, 6.07) is 0. The first-order valence-corrected chi connectivity index (χ1v) is 6.32. The van der Waals surface area contributed by atoms with Gasteiger partial charge in [0.25, 0.3) is 0 Å². The first-order chi connectivity index (χ1) is 8.56. The second-order valence-electron chi connectivity index (χ2n) is 4.66. The number of hydrogen-bond donors (Lipinski definition) is 0. The molecule has 2 aliphatic carbocycles. The third-order valence-corrected chi connectivity index (χ3v) is 3.52. The standard InChI is InChI=1S/C14H18O4/c1-4-17-14(16)12-11-7-5-6-10(11)8(2)13(12)18-9(3)15/h6,11-12H,4-5,7H2,1-3H3/t11-,12-/m1/s1. The number of hydrogen-bond acceptors (Lipinski definition) is 4. The van der Waals surface area contributed by atoms with Gasteiger partial charge in [0, 0.05) is 12.8 Å². The smallest absolute Gasteiger partial charge is 0.317 e. The molecular formula is C14H18O4. The van der Waals surface area contributed by atoms with Crippen LogP contribution in [-0.4, -0.2) is 18.5 Å². The van der Waals surface area contributed by atoms with E-state index in [1.807, 2.05) is 6.92 Å². The van der Waals surface area contributed by atoms with Crippen LogP contribution in [0.3, 0.4) is 0 Å². The summed E-state index contributed by atoms with van der Waals surface area (Å²) < 4.78 is 10.3. The van der Waals surface area contributed by atoms with Crippen molar-refractivity contribution in [2.45, 2.75) is 33.6 Å². The minimum absolute atomic E-state index is 0.124.